The summed E-state index contributed by atoms with van der Waals surface area (Å²) in [6.45, 7) is 0.814. The molecule has 1 saturated heterocycles. The van der Waals surface area contributed by atoms with Crippen LogP contribution in [-0.4, -0.2) is 16.4 Å². The highest BCUT2D eigenvalue weighted by atomic mass is 32.1. The fourth-order valence-corrected chi connectivity index (χ4v) is 2.89. The number of nitrogen functional groups attached to an aromatic ring is 1. The van der Waals surface area contributed by atoms with Crippen molar-refractivity contribution in [3.8, 4) is 10.6 Å². The van der Waals surface area contributed by atoms with Crippen LogP contribution in [0.5, 0.6) is 0 Å². The van der Waals surface area contributed by atoms with Gasteiger partial charge in [0.25, 0.3) is 0 Å². The van der Waals surface area contributed by atoms with E-state index in [1.165, 1.54) is 11.3 Å². The Kier molecular flexibility index (Phi) is 2.86. The van der Waals surface area contributed by atoms with E-state index in [1.807, 2.05) is 16.8 Å². The highest BCUT2D eigenvalue weighted by Crippen LogP contribution is 2.32. The van der Waals surface area contributed by atoms with E-state index in [-0.39, 0.29) is 6.23 Å². The van der Waals surface area contributed by atoms with Gasteiger partial charge in [0.2, 0.25) is 0 Å². The molecule has 1 unspecified atom stereocenters. The molecule has 90 valence electrons. The van der Waals surface area contributed by atoms with E-state index in [2.05, 4.69) is 16.5 Å². The lowest BCUT2D eigenvalue weighted by Gasteiger charge is -2.24. The minimum atomic E-state index is 0.0400. The van der Waals surface area contributed by atoms with Crippen LogP contribution in [0.2, 0.25) is 0 Å². The predicted octanol–water partition coefficient (Wildman–Crippen LogP) is 2.89. The summed E-state index contributed by atoms with van der Waals surface area (Å²) in [4.78, 5) is 1.18. The van der Waals surface area contributed by atoms with Crippen LogP contribution >= 0.6 is 11.3 Å². The highest BCUT2D eigenvalue weighted by molar-refractivity contribution is 7.13. The van der Waals surface area contributed by atoms with Crippen LogP contribution < -0.4 is 5.73 Å². The van der Waals surface area contributed by atoms with Gasteiger partial charge in [-0.2, -0.15) is 5.10 Å². The van der Waals surface area contributed by atoms with Gasteiger partial charge >= 0.3 is 0 Å². The number of thiophene rings is 1. The van der Waals surface area contributed by atoms with Crippen LogP contribution in [0.4, 0.5) is 5.82 Å². The second-order valence-electron chi connectivity index (χ2n) is 4.20. The molecule has 1 aliphatic heterocycles. The molecule has 2 aromatic heterocycles. The monoisotopic (exact) mass is 249 g/mol. The zero-order valence-electron chi connectivity index (χ0n) is 9.50. The van der Waals surface area contributed by atoms with Gasteiger partial charge in [0.15, 0.2) is 6.23 Å². The summed E-state index contributed by atoms with van der Waals surface area (Å²) in [6, 6.07) is 6.04. The molecule has 1 atom stereocenters. The number of hydrogen-bond donors (Lipinski definition) is 1. The lowest BCUT2D eigenvalue weighted by molar-refractivity contribution is -0.0381. The van der Waals surface area contributed by atoms with Crippen LogP contribution in [-0.2, 0) is 4.74 Å². The molecule has 0 aromatic carbocycles. The number of ether oxygens (including phenoxy) is 1. The van der Waals surface area contributed by atoms with Crippen LogP contribution in [0.25, 0.3) is 10.6 Å². The molecule has 17 heavy (non-hydrogen) atoms. The second-order valence-corrected chi connectivity index (χ2v) is 5.15. The Morgan fingerprint density at radius 3 is 3.12 bits per heavy atom. The fourth-order valence-electron chi connectivity index (χ4n) is 2.16. The van der Waals surface area contributed by atoms with E-state index >= 15 is 0 Å². The third kappa shape index (κ3) is 2.08. The quantitative estimate of drug-likeness (QED) is 0.890. The van der Waals surface area contributed by atoms with Crippen LogP contribution in [0.3, 0.4) is 0 Å². The molecular formula is C12H15N3OS. The average molecular weight is 249 g/mol. The zero-order chi connectivity index (χ0) is 11.7. The third-order valence-corrected chi connectivity index (χ3v) is 3.85. The number of nitrogens with two attached hydrogens (primary N) is 1. The Morgan fingerprint density at radius 2 is 2.41 bits per heavy atom. The van der Waals surface area contributed by atoms with Crippen LogP contribution in [0, 0.1) is 0 Å². The van der Waals surface area contributed by atoms with Crippen molar-refractivity contribution >= 4 is 17.2 Å². The van der Waals surface area contributed by atoms with E-state index in [0.717, 1.165) is 25.1 Å². The summed E-state index contributed by atoms with van der Waals surface area (Å²) < 4.78 is 7.70. The Morgan fingerprint density at radius 1 is 1.47 bits per heavy atom. The van der Waals surface area contributed by atoms with Crippen molar-refractivity contribution < 1.29 is 4.74 Å². The van der Waals surface area contributed by atoms with E-state index in [4.69, 9.17) is 10.5 Å². The lowest BCUT2D eigenvalue weighted by atomic mass is 10.2. The molecule has 1 aliphatic rings. The Balaban J connectivity index is 1.98. The van der Waals surface area contributed by atoms with Crippen molar-refractivity contribution in [3.05, 3.63) is 23.6 Å². The molecule has 0 aliphatic carbocycles. The molecule has 0 spiro atoms. The summed E-state index contributed by atoms with van der Waals surface area (Å²) in [5.41, 5.74) is 6.87. The molecule has 0 amide bonds. The van der Waals surface area contributed by atoms with E-state index in [1.54, 1.807) is 11.3 Å². The summed E-state index contributed by atoms with van der Waals surface area (Å²) >= 11 is 1.70. The largest absolute Gasteiger partial charge is 0.382 e. The van der Waals surface area contributed by atoms with Gasteiger partial charge in [-0.15, -0.1) is 11.3 Å². The maximum atomic E-state index is 5.81. The van der Waals surface area contributed by atoms with Crippen LogP contribution in [0.1, 0.15) is 25.5 Å². The van der Waals surface area contributed by atoms with Gasteiger partial charge in [-0.25, -0.2) is 4.68 Å². The number of nitrogens with zero attached hydrogens (tertiary/aromatic N) is 2. The third-order valence-electron chi connectivity index (χ3n) is 2.96. The molecule has 0 saturated carbocycles. The van der Waals surface area contributed by atoms with Crippen molar-refractivity contribution in [2.45, 2.75) is 25.5 Å². The van der Waals surface area contributed by atoms with E-state index in [0.29, 0.717) is 5.82 Å². The number of rotatable bonds is 2. The summed E-state index contributed by atoms with van der Waals surface area (Å²) in [6.07, 6.45) is 3.38. The molecular weight excluding hydrogens is 234 g/mol. The standard InChI is InChI=1S/C12H15N3OS/c13-11-8-9(10-4-3-7-17-10)15(14-11)12-5-1-2-6-16-12/h3-4,7-8,12H,1-2,5-6H2,(H2,13,14). The van der Waals surface area contributed by atoms with Crippen molar-refractivity contribution in [2.24, 2.45) is 0 Å². The normalized spacial score (nSPS) is 20.6. The van der Waals surface area contributed by atoms with Gasteiger partial charge in [0.05, 0.1) is 10.6 Å². The molecule has 5 heteroatoms. The molecule has 0 radical (unpaired) electrons. The molecule has 2 N–H and O–H groups in total. The lowest BCUT2D eigenvalue weighted by Crippen LogP contribution is -2.19. The topological polar surface area (TPSA) is 53.1 Å². The summed E-state index contributed by atoms with van der Waals surface area (Å²) in [5, 5.41) is 6.43. The van der Waals surface area contributed by atoms with Gasteiger partial charge in [-0.1, -0.05) is 6.07 Å². The Bertz CT molecular complexity index is 486. The second kappa shape index (κ2) is 4.50. The summed E-state index contributed by atoms with van der Waals surface area (Å²) in [5.74, 6) is 0.558. The minimum absolute atomic E-state index is 0.0400. The Labute approximate surface area is 104 Å². The van der Waals surface area contributed by atoms with Gasteiger partial charge in [-0.3, -0.25) is 0 Å². The number of aromatic nitrogens is 2. The minimum Gasteiger partial charge on any atom is -0.382 e. The van der Waals surface area contributed by atoms with E-state index in [9.17, 15) is 0 Å². The molecule has 3 heterocycles. The maximum Gasteiger partial charge on any atom is 0.150 e. The van der Waals surface area contributed by atoms with Gasteiger partial charge in [0, 0.05) is 12.7 Å². The molecule has 3 rings (SSSR count). The first-order valence-corrected chi connectivity index (χ1v) is 6.73. The van der Waals surface area contributed by atoms with Gasteiger partial charge in [0.1, 0.15) is 5.82 Å². The van der Waals surface area contributed by atoms with Crippen molar-refractivity contribution in [1.29, 1.82) is 0 Å². The van der Waals surface area contributed by atoms with Gasteiger partial charge < -0.3 is 10.5 Å². The molecule has 0 bridgehead atoms. The first-order chi connectivity index (χ1) is 8.34. The Hall–Kier alpha value is -1.33. The highest BCUT2D eigenvalue weighted by Gasteiger charge is 2.21. The van der Waals surface area contributed by atoms with Crippen molar-refractivity contribution in [3.63, 3.8) is 0 Å². The van der Waals surface area contributed by atoms with Crippen molar-refractivity contribution in [2.75, 3.05) is 12.3 Å². The first kappa shape index (κ1) is 10.8. The molecule has 1 fully saturated rings. The number of hydrogen-bond acceptors (Lipinski definition) is 4. The SMILES string of the molecule is Nc1cc(-c2cccs2)n(C2CCCCO2)n1. The summed E-state index contributed by atoms with van der Waals surface area (Å²) in [7, 11) is 0. The molecule has 4 nitrogen and oxygen atoms in total. The smallest absolute Gasteiger partial charge is 0.150 e. The number of anilines is 1. The maximum absolute atomic E-state index is 5.81. The van der Waals surface area contributed by atoms with Crippen molar-refractivity contribution in [1.82, 2.24) is 9.78 Å². The zero-order valence-corrected chi connectivity index (χ0v) is 10.3. The van der Waals surface area contributed by atoms with E-state index < -0.39 is 0 Å². The molecule has 2 aromatic rings. The average Bonchev–Trinajstić information content (AvgIpc) is 2.98. The first-order valence-electron chi connectivity index (χ1n) is 5.85. The van der Waals surface area contributed by atoms with Gasteiger partial charge in [-0.05, 0) is 30.7 Å². The van der Waals surface area contributed by atoms with Crippen LogP contribution in [0.15, 0.2) is 23.6 Å². The predicted molar refractivity (Wildman–Crippen MR) is 68.8 cm³/mol. The fraction of sp³-hybridized carbons (Fsp3) is 0.417.